The number of hydrogen-bond donors (Lipinski definition) is 1. The van der Waals surface area contributed by atoms with Crippen molar-refractivity contribution in [1.82, 2.24) is 10.2 Å². The number of likely N-dealkylation sites (N-methyl/N-ethyl adjacent to an activating group) is 1. The molecule has 0 bridgehead atoms. The highest BCUT2D eigenvalue weighted by molar-refractivity contribution is 5.30. The molecule has 3 nitrogen and oxygen atoms in total. The Morgan fingerprint density at radius 3 is 2.81 bits per heavy atom. The number of benzene rings is 1. The molecular formula is C14H18F4N2O. The van der Waals surface area contributed by atoms with Gasteiger partial charge in [0.25, 0.3) is 0 Å². The van der Waals surface area contributed by atoms with Crippen molar-refractivity contribution in [1.29, 1.82) is 0 Å². The third kappa shape index (κ3) is 4.66. The van der Waals surface area contributed by atoms with E-state index in [0.29, 0.717) is 19.2 Å². The van der Waals surface area contributed by atoms with Crippen LogP contribution in [0.15, 0.2) is 18.2 Å². The van der Waals surface area contributed by atoms with Gasteiger partial charge in [0, 0.05) is 26.2 Å². The second-order valence-corrected chi connectivity index (χ2v) is 5.19. The topological polar surface area (TPSA) is 24.5 Å². The molecule has 0 aromatic heterocycles. The monoisotopic (exact) mass is 306 g/mol. The van der Waals surface area contributed by atoms with Gasteiger partial charge in [-0.2, -0.15) is 13.2 Å². The second-order valence-electron chi connectivity index (χ2n) is 5.19. The molecule has 1 aromatic carbocycles. The minimum atomic E-state index is -4.55. The average Bonchev–Trinajstić information content (AvgIpc) is 2.39. The quantitative estimate of drug-likeness (QED) is 0.864. The maximum atomic E-state index is 13.0. The summed E-state index contributed by atoms with van der Waals surface area (Å²) in [7, 11) is 1.97. The van der Waals surface area contributed by atoms with Crippen molar-refractivity contribution in [2.75, 3.05) is 33.3 Å². The summed E-state index contributed by atoms with van der Waals surface area (Å²) in [5.74, 6) is -0.886. The first-order valence-corrected chi connectivity index (χ1v) is 6.73. The third-order valence-electron chi connectivity index (χ3n) is 3.41. The van der Waals surface area contributed by atoms with Gasteiger partial charge in [0.1, 0.15) is 5.82 Å². The molecular weight excluding hydrogens is 288 g/mol. The van der Waals surface area contributed by atoms with E-state index in [1.165, 1.54) is 6.07 Å². The molecule has 21 heavy (non-hydrogen) atoms. The molecule has 0 amide bonds. The normalized spacial score (nSPS) is 20.7. The fourth-order valence-corrected chi connectivity index (χ4v) is 2.32. The van der Waals surface area contributed by atoms with Crippen LogP contribution in [0.1, 0.15) is 11.1 Å². The Bertz CT molecular complexity index is 479. The van der Waals surface area contributed by atoms with E-state index in [2.05, 4.69) is 10.2 Å². The van der Waals surface area contributed by atoms with Gasteiger partial charge in [0.2, 0.25) is 0 Å². The smallest absolute Gasteiger partial charge is 0.374 e. The molecule has 1 N–H and O–H groups in total. The summed E-state index contributed by atoms with van der Waals surface area (Å²) in [6.45, 7) is 2.69. The van der Waals surface area contributed by atoms with Gasteiger partial charge >= 0.3 is 6.18 Å². The van der Waals surface area contributed by atoms with E-state index in [1.54, 1.807) is 0 Å². The minimum Gasteiger partial charge on any atom is -0.374 e. The predicted octanol–water partition coefficient (Wildman–Crippen LogP) is 2.26. The zero-order valence-corrected chi connectivity index (χ0v) is 11.7. The van der Waals surface area contributed by atoms with Gasteiger partial charge in [-0.05, 0) is 24.7 Å². The number of morpholine rings is 1. The van der Waals surface area contributed by atoms with E-state index >= 15 is 0 Å². The molecule has 1 saturated heterocycles. The Kier molecular flexibility index (Phi) is 5.18. The highest BCUT2D eigenvalue weighted by atomic mass is 19.4. The lowest BCUT2D eigenvalue weighted by molar-refractivity contribution is -0.138. The summed E-state index contributed by atoms with van der Waals surface area (Å²) < 4.78 is 57.0. The zero-order valence-electron chi connectivity index (χ0n) is 11.7. The number of nitrogens with zero attached hydrogens (tertiary/aromatic N) is 1. The SMILES string of the molecule is CN1CCOC(CNCc2ccc(F)cc2C(F)(F)F)C1. The molecule has 1 aliphatic heterocycles. The summed E-state index contributed by atoms with van der Waals surface area (Å²) >= 11 is 0. The van der Waals surface area contributed by atoms with Crippen LogP contribution < -0.4 is 5.32 Å². The van der Waals surface area contributed by atoms with E-state index in [0.717, 1.165) is 19.2 Å². The molecule has 0 saturated carbocycles. The zero-order chi connectivity index (χ0) is 15.5. The molecule has 1 aromatic rings. The summed E-state index contributed by atoms with van der Waals surface area (Å²) in [6, 6.07) is 2.73. The lowest BCUT2D eigenvalue weighted by Gasteiger charge is -2.30. The Labute approximate surface area is 120 Å². The molecule has 1 atom stereocenters. The molecule has 118 valence electrons. The molecule has 1 unspecified atom stereocenters. The Morgan fingerprint density at radius 1 is 1.38 bits per heavy atom. The van der Waals surface area contributed by atoms with Crippen molar-refractivity contribution in [3.05, 3.63) is 35.1 Å². The van der Waals surface area contributed by atoms with Crippen molar-refractivity contribution in [2.45, 2.75) is 18.8 Å². The maximum Gasteiger partial charge on any atom is 0.416 e. The van der Waals surface area contributed by atoms with Gasteiger partial charge in [0.05, 0.1) is 18.3 Å². The molecule has 0 spiro atoms. The van der Waals surface area contributed by atoms with Crippen LogP contribution >= 0.6 is 0 Å². The first-order chi connectivity index (χ1) is 9.86. The van der Waals surface area contributed by atoms with E-state index in [4.69, 9.17) is 4.74 Å². The fraction of sp³-hybridized carbons (Fsp3) is 0.571. The summed E-state index contributed by atoms with van der Waals surface area (Å²) in [6.07, 6.45) is -4.60. The number of halogens is 4. The van der Waals surface area contributed by atoms with Crippen LogP contribution in [0.25, 0.3) is 0 Å². The van der Waals surface area contributed by atoms with Crippen molar-refractivity contribution >= 4 is 0 Å². The van der Waals surface area contributed by atoms with Crippen LogP contribution in [0, 0.1) is 5.82 Å². The van der Waals surface area contributed by atoms with Gasteiger partial charge in [-0.3, -0.25) is 0 Å². The molecule has 2 rings (SSSR count). The molecule has 1 aliphatic rings. The van der Waals surface area contributed by atoms with Crippen molar-refractivity contribution in [3.8, 4) is 0 Å². The van der Waals surface area contributed by atoms with E-state index < -0.39 is 17.6 Å². The average molecular weight is 306 g/mol. The van der Waals surface area contributed by atoms with Crippen molar-refractivity contribution < 1.29 is 22.3 Å². The number of ether oxygens (including phenoxy) is 1. The first kappa shape index (κ1) is 16.2. The van der Waals surface area contributed by atoms with Crippen molar-refractivity contribution in [2.24, 2.45) is 0 Å². The maximum absolute atomic E-state index is 13.0. The van der Waals surface area contributed by atoms with Crippen LogP contribution in [-0.2, 0) is 17.5 Å². The minimum absolute atomic E-state index is 0.0265. The summed E-state index contributed by atoms with van der Waals surface area (Å²) in [5.41, 5.74) is -0.898. The van der Waals surface area contributed by atoms with Gasteiger partial charge < -0.3 is 15.0 Å². The number of alkyl halides is 3. The van der Waals surface area contributed by atoms with Crippen molar-refractivity contribution in [3.63, 3.8) is 0 Å². The summed E-state index contributed by atoms with van der Waals surface area (Å²) in [4.78, 5) is 2.11. The second kappa shape index (κ2) is 6.72. The Balaban J connectivity index is 1.94. The van der Waals surface area contributed by atoms with E-state index in [1.807, 2.05) is 7.05 Å². The molecule has 0 radical (unpaired) electrons. The molecule has 7 heteroatoms. The van der Waals surface area contributed by atoms with Crippen LogP contribution in [0.4, 0.5) is 17.6 Å². The number of nitrogens with one attached hydrogen (secondary N) is 1. The summed E-state index contributed by atoms with van der Waals surface area (Å²) in [5, 5.41) is 2.95. The standard InChI is InChI=1S/C14H18F4N2O/c1-20-4-5-21-12(9-20)8-19-7-10-2-3-11(15)6-13(10)14(16,17)18/h2-3,6,12,19H,4-5,7-9H2,1H3. The fourth-order valence-electron chi connectivity index (χ4n) is 2.32. The van der Waals surface area contributed by atoms with Crippen LogP contribution in [0.2, 0.25) is 0 Å². The van der Waals surface area contributed by atoms with E-state index in [-0.39, 0.29) is 18.2 Å². The molecule has 1 fully saturated rings. The predicted molar refractivity (Wildman–Crippen MR) is 70.3 cm³/mol. The first-order valence-electron chi connectivity index (χ1n) is 6.73. The number of hydrogen-bond acceptors (Lipinski definition) is 3. The number of rotatable bonds is 4. The van der Waals surface area contributed by atoms with Gasteiger partial charge in [0.15, 0.2) is 0 Å². The largest absolute Gasteiger partial charge is 0.416 e. The van der Waals surface area contributed by atoms with Crippen LogP contribution in [0.5, 0.6) is 0 Å². The van der Waals surface area contributed by atoms with E-state index in [9.17, 15) is 17.6 Å². The van der Waals surface area contributed by atoms with Crippen LogP contribution in [0.3, 0.4) is 0 Å². The molecule has 0 aliphatic carbocycles. The molecule has 1 heterocycles. The highest BCUT2D eigenvalue weighted by Crippen LogP contribution is 2.32. The lowest BCUT2D eigenvalue weighted by atomic mass is 10.1. The van der Waals surface area contributed by atoms with Gasteiger partial charge in [-0.15, -0.1) is 0 Å². The van der Waals surface area contributed by atoms with Crippen LogP contribution in [-0.4, -0.2) is 44.3 Å². The third-order valence-corrected chi connectivity index (χ3v) is 3.41. The van der Waals surface area contributed by atoms with Gasteiger partial charge in [-0.1, -0.05) is 6.07 Å². The highest BCUT2D eigenvalue weighted by Gasteiger charge is 2.33. The lowest BCUT2D eigenvalue weighted by Crippen LogP contribution is -2.44. The Morgan fingerprint density at radius 2 is 2.14 bits per heavy atom. The van der Waals surface area contributed by atoms with Gasteiger partial charge in [-0.25, -0.2) is 4.39 Å². The Hall–Kier alpha value is -1.18.